The van der Waals surface area contributed by atoms with E-state index in [4.69, 9.17) is 20.4 Å². The van der Waals surface area contributed by atoms with Crippen molar-refractivity contribution in [3.8, 4) is 22.9 Å². The van der Waals surface area contributed by atoms with Crippen LogP contribution in [0, 0.1) is 13.8 Å². The van der Waals surface area contributed by atoms with Crippen molar-refractivity contribution in [2.24, 2.45) is 0 Å². The van der Waals surface area contributed by atoms with Gasteiger partial charge < -0.3 is 18.8 Å². The average Bonchev–Trinajstić information content (AvgIpc) is 3.70. The van der Waals surface area contributed by atoms with Crippen LogP contribution < -0.4 is 4.90 Å². The molecule has 1 aliphatic heterocycles. The summed E-state index contributed by atoms with van der Waals surface area (Å²) in [5.41, 5.74) is 3.19. The number of aromatic nitrogens is 2. The maximum absolute atomic E-state index is 12.8. The van der Waals surface area contributed by atoms with Crippen LogP contribution in [0.3, 0.4) is 0 Å². The van der Waals surface area contributed by atoms with E-state index in [2.05, 4.69) is 27.9 Å². The highest BCUT2D eigenvalue weighted by Crippen LogP contribution is 2.37. The number of nitrogens with zero attached hydrogens (tertiary/aromatic N) is 3. The highest BCUT2D eigenvalue weighted by molar-refractivity contribution is 6.17. The zero-order valence-electron chi connectivity index (χ0n) is 27.3. The smallest absolute Gasteiger partial charge is 0.416 e. The van der Waals surface area contributed by atoms with E-state index >= 15 is 0 Å². The SMILES string of the molecule is Cc1oc(-c2ccc(C(F)(F)F)cc2)nc1CCl.Cc1oc(-c2ccc(C(F)(F)F)cc2)nc1CN1c2ccc(C(C)(C)O)cc2CC1C. The second-order valence-corrected chi connectivity index (χ2v) is 12.7. The van der Waals surface area contributed by atoms with Gasteiger partial charge >= 0.3 is 12.4 Å². The van der Waals surface area contributed by atoms with Crippen molar-refractivity contribution < 1.29 is 40.3 Å². The van der Waals surface area contributed by atoms with Crippen LogP contribution in [0.2, 0.25) is 0 Å². The summed E-state index contributed by atoms with van der Waals surface area (Å²) in [6.07, 6.45) is -7.85. The van der Waals surface area contributed by atoms with Gasteiger partial charge in [-0.05, 0) is 107 Å². The van der Waals surface area contributed by atoms with Gasteiger partial charge in [-0.2, -0.15) is 26.3 Å². The molecule has 1 aliphatic rings. The topological polar surface area (TPSA) is 75.5 Å². The van der Waals surface area contributed by atoms with Crippen molar-refractivity contribution in [2.75, 3.05) is 4.90 Å². The number of rotatable bonds is 6. The van der Waals surface area contributed by atoms with E-state index in [9.17, 15) is 31.4 Å². The van der Waals surface area contributed by atoms with Crippen molar-refractivity contribution in [2.45, 2.75) is 77.5 Å². The lowest BCUT2D eigenvalue weighted by Crippen LogP contribution is -2.29. The first-order valence-electron chi connectivity index (χ1n) is 15.3. The van der Waals surface area contributed by atoms with E-state index in [1.807, 2.05) is 19.1 Å². The number of aliphatic hydroxyl groups is 1. The quantitative estimate of drug-likeness (QED) is 0.140. The third-order valence-corrected chi connectivity index (χ3v) is 8.55. The molecule has 0 saturated carbocycles. The Kier molecular flexibility index (Phi) is 9.96. The highest BCUT2D eigenvalue weighted by atomic mass is 35.5. The van der Waals surface area contributed by atoms with Crippen molar-refractivity contribution in [3.05, 3.63) is 112 Å². The highest BCUT2D eigenvalue weighted by Gasteiger charge is 2.32. The van der Waals surface area contributed by atoms with Crippen LogP contribution in [-0.4, -0.2) is 21.1 Å². The Balaban J connectivity index is 0.000000221. The van der Waals surface area contributed by atoms with Gasteiger partial charge in [-0.15, -0.1) is 11.6 Å². The zero-order chi connectivity index (χ0) is 35.9. The minimum atomic E-state index is -4.37. The molecule has 0 aliphatic carbocycles. The second kappa shape index (κ2) is 13.5. The standard InChI is InChI=1S/C24H25F3N2O2.C12H9ClF3NO/c1-14-11-17-12-19(23(3,4)30)9-10-21(17)29(14)13-20-15(2)31-22(28-20)16-5-7-18(8-6-16)24(25,26)27;1-7-10(6-13)17-11(18-7)8-2-4-9(5-3-8)12(14,15)16/h5-10,12,14,30H,11,13H2,1-4H3;2-5H,6H2,1H3. The first-order valence-corrected chi connectivity index (χ1v) is 15.8. The molecule has 260 valence electrons. The van der Waals surface area contributed by atoms with E-state index in [0.717, 1.165) is 47.6 Å². The average molecular weight is 706 g/mol. The van der Waals surface area contributed by atoms with Crippen LogP contribution in [0.15, 0.2) is 75.6 Å². The van der Waals surface area contributed by atoms with Crippen molar-refractivity contribution in [1.82, 2.24) is 9.97 Å². The largest absolute Gasteiger partial charge is 0.441 e. The fraction of sp³-hybridized carbons (Fsp3) is 0.333. The third-order valence-electron chi connectivity index (χ3n) is 8.29. The Morgan fingerprint density at radius 2 is 1.20 bits per heavy atom. The Morgan fingerprint density at radius 3 is 1.63 bits per heavy atom. The molecule has 13 heteroatoms. The molecular weight excluding hydrogens is 672 g/mol. The summed E-state index contributed by atoms with van der Waals surface area (Å²) < 4.78 is 86.7. The Morgan fingerprint density at radius 1 is 0.755 bits per heavy atom. The molecule has 0 amide bonds. The normalized spacial score (nSPS) is 14.9. The van der Waals surface area contributed by atoms with Crippen LogP contribution in [0.5, 0.6) is 0 Å². The summed E-state index contributed by atoms with van der Waals surface area (Å²) >= 11 is 5.65. The van der Waals surface area contributed by atoms with Gasteiger partial charge in [0.1, 0.15) is 17.2 Å². The fourth-order valence-corrected chi connectivity index (χ4v) is 5.70. The molecule has 0 radical (unpaired) electrons. The van der Waals surface area contributed by atoms with Crippen molar-refractivity contribution >= 4 is 17.3 Å². The van der Waals surface area contributed by atoms with E-state index in [1.165, 1.54) is 29.8 Å². The summed E-state index contributed by atoms with van der Waals surface area (Å²) in [7, 11) is 0. The predicted molar refractivity (Wildman–Crippen MR) is 174 cm³/mol. The molecule has 6 nitrogen and oxygen atoms in total. The molecule has 1 atom stereocenters. The second-order valence-electron chi connectivity index (χ2n) is 12.4. The molecule has 0 spiro atoms. The van der Waals surface area contributed by atoms with E-state index in [-0.39, 0.29) is 17.8 Å². The molecule has 2 aromatic heterocycles. The van der Waals surface area contributed by atoms with Crippen LogP contribution >= 0.6 is 11.6 Å². The van der Waals surface area contributed by atoms with Gasteiger partial charge in [0.25, 0.3) is 0 Å². The summed E-state index contributed by atoms with van der Waals surface area (Å²) in [5, 5.41) is 10.3. The van der Waals surface area contributed by atoms with Gasteiger partial charge in [-0.25, -0.2) is 9.97 Å². The van der Waals surface area contributed by atoms with Gasteiger partial charge in [0.15, 0.2) is 0 Å². The lowest BCUT2D eigenvalue weighted by molar-refractivity contribution is -0.138. The Hall–Kier alpha value is -4.29. The number of aryl methyl sites for hydroxylation is 2. The van der Waals surface area contributed by atoms with E-state index in [1.54, 1.807) is 20.8 Å². The van der Waals surface area contributed by atoms with Crippen LogP contribution in [-0.2, 0) is 36.8 Å². The summed E-state index contributed by atoms with van der Waals surface area (Å²) in [5.74, 6) is 2.00. The monoisotopic (exact) mass is 705 g/mol. The molecule has 3 aromatic carbocycles. The number of alkyl halides is 7. The number of hydrogen-bond donors (Lipinski definition) is 1. The molecule has 1 unspecified atom stereocenters. The van der Waals surface area contributed by atoms with Crippen LogP contribution in [0.1, 0.15) is 65.9 Å². The lowest BCUT2D eigenvalue weighted by Gasteiger charge is -2.24. The van der Waals surface area contributed by atoms with Crippen LogP contribution in [0.25, 0.3) is 22.9 Å². The van der Waals surface area contributed by atoms with E-state index < -0.39 is 29.1 Å². The van der Waals surface area contributed by atoms with Crippen LogP contribution in [0.4, 0.5) is 32.0 Å². The zero-order valence-corrected chi connectivity index (χ0v) is 28.1. The fourth-order valence-electron chi connectivity index (χ4n) is 5.46. The molecule has 49 heavy (non-hydrogen) atoms. The van der Waals surface area contributed by atoms with Gasteiger partial charge in [0, 0.05) is 22.9 Å². The molecule has 5 aromatic rings. The Bertz CT molecular complexity index is 1910. The van der Waals surface area contributed by atoms with Gasteiger partial charge in [-0.3, -0.25) is 0 Å². The number of oxazole rings is 2. The number of anilines is 1. The van der Waals surface area contributed by atoms with Crippen molar-refractivity contribution in [1.29, 1.82) is 0 Å². The molecular formula is C36H34ClF6N3O3. The lowest BCUT2D eigenvalue weighted by atomic mass is 9.95. The summed E-state index contributed by atoms with van der Waals surface area (Å²) in [6.45, 7) is 9.73. The van der Waals surface area contributed by atoms with Gasteiger partial charge in [0.2, 0.25) is 11.8 Å². The predicted octanol–water partition coefficient (Wildman–Crippen LogP) is 10.3. The number of halogens is 7. The molecule has 0 bridgehead atoms. The van der Waals surface area contributed by atoms with Crippen molar-refractivity contribution in [3.63, 3.8) is 0 Å². The minimum absolute atomic E-state index is 0.204. The van der Waals surface area contributed by atoms with E-state index in [0.29, 0.717) is 40.8 Å². The molecule has 1 N–H and O–H groups in total. The number of fused-ring (bicyclic) bond motifs is 1. The molecule has 0 fully saturated rings. The van der Waals surface area contributed by atoms with Gasteiger partial charge in [-0.1, -0.05) is 12.1 Å². The minimum Gasteiger partial charge on any atom is -0.441 e. The summed E-state index contributed by atoms with van der Waals surface area (Å²) in [6, 6.07) is 15.7. The van der Waals surface area contributed by atoms with Gasteiger partial charge in [0.05, 0.1) is 34.8 Å². The Labute approximate surface area is 284 Å². The third kappa shape index (κ3) is 8.13. The number of hydrogen-bond acceptors (Lipinski definition) is 6. The molecule has 3 heterocycles. The summed E-state index contributed by atoms with van der Waals surface area (Å²) in [4.78, 5) is 10.9. The maximum atomic E-state index is 12.8. The molecule has 0 saturated heterocycles. The molecule has 6 rings (SSSR count). The maximum Gasteiger partial charge on any atom is 0.416 e. The first kappa shape index (κ1) is 36.0. The number of benzene rings is 3. The first-order chi connectivity index (χ1) is 22.8.